The minimum Gasteiger partial charge on any atom is -0.475 e. The van der Waals surface area contributed by atoms with Crippen molar-refractivity contribution in [2.45, 2.75) is 33.4 Å². The maximum atomic E-state index is 10.6. The number of carboxylic acid groups (broad SMARTS) is 1. The van der Waals surface area contributed by atoms with Gasteiger partial charge in [-0.3, -0.25) is 0 Å². The zero-order valence-corrected chi connectivity index (χ0v) is 9.58. The van der Waals surface area contributed by atoms with Crippen molar-refractivity contribution in [3.05, 3.63) is 12.2 Å². The fourth-order valence-corrected chi connectivity index (χ4v) is 0.728. The molecule has 0 spiro atoms. The van der Waals surface area contributed by atoms with Crippen molar-refractivity contribution in [1.29, 1.82) is 0 Å². The second kappa shape index (κ2) is 5.65. The molecule has 1 aromatic rings. The number of halogens is 3. The Morgan fingerprint density at radius 2 is 1.88 bits per heavy atom. The minimum atomic E-state index is -5.08. The number of hydrogen-bond acceptors (Lipinski definition) is 4. The molecule has 0 amide bonds. The van der Waals surface area contributed by atoms with Crippen LogP contribution >= 0.6 is 0 Å². The van der Waals surface area contributed by atoms with Gasteiger partial charge in [-0.1, -0.05) is 25.9 Å². The van der Waals surface area contributed by atoms with Crippen molar-refractivity contribution in [1.82, 2.24) is 10.1 Å². The summed E-state index contributed by atoms with van der Waals surface area (Å²) in [5.74, 6) is -2.04. The summed E-state index contributed by atoms with van der Waals surface area (Å²) in [4.78, 5) is 12.8. The second-order valence-corrected chi connectivity index (χ2v) is 4.38. The normalized spacial score (nSPS) is 11.6. The first-order valence-electron chi connectivity index (χ1n) is 4.58. The number of carboxylic acids is 1. The van der Waals surface area contributed by atoms with Crippen LogP contribution in [0.2, 0.25) is 0 Å². The summed E-state index contributed by atoms with van der Waals surface area (Å²) in [5.41, 5.74) is 0.229. The Bertz CT molecular complexity index is 341. The smallest absolute Gasteiger partial charge is 0.475 e. The van der Waals surface area contributed by atoms with E-state index in [2.05, 4.69) is 30.9 Å². The zero-order valence-electron chi connectivity index (χ0n) is 9.58. The van der Waals surface area contributed by atoms with Crippen molar-refractivity contribution < 1.29 is 27.6 Å². The molecule has 0 radical (unpaired) electrons. The number of rotatable bonds is 1. The average molecular weight is 254 g/mol. The van der Waals surface area contributed by atoms with Crippen LogP contribution < -0.4 is 0 Å². The Morgan fingerprint density at radius 3 is 2.12 bits per heavy atom. The van der Waals surface area contributed by atoms with Crippen LogP contribution in [0.3, 0.4) is 0 Å². The number of aliphatic carboxylic acids is 1. The van der Waals surface area contributed by atoms with Crippen LogP contribution in [0.15, 0.2) is 10.9 Å². The first-order chi connectivity index (χ1) is 7.52. The van der Waals surface area contributed by atoms with Gasteiger partial charge in [0.1, 0.15) is 0 Å². The summed E-state index contributed by atoms with van der Waals surface area (Å²) < 4.78 is 36.6. The Kier molecular flexibility index (Phi) is 5.11. The number of alkyl halides is 3. The third-order valence-corrected chi connectivity index (χ3v) is 1.33. The van der Waals surface area contributed by atoms with Gasteiger partial charge in [0.2, 0.25) is 5.89 Å². The van der Waals surface area contributed by atoms with Gasteiger partial charge in [0.05, 0.1) is 0 Å². The van der Waals surface area contributed by atoms with Gasteiger partial charge in [-0.05, 0) is 5.41 Å². The van der Waals surface area contributed by atoms with Crippen LogP contribution in [0.1, 0.15) is 26.7 Å². The lowest BCUT2D eigenvalue weighted by Gasteiger charge is -2.13. The van der Waals surface area contributed by atoms with Gasteiger partial charge < -0.3 is 9.63 Å². The summed E-state index contributed by atoms with van der Waals surface area (Å²) in [6.45, 7) is 6.41. The third kappa shape index (κ3) is 8.23. The molecule has 98 valence electrons. The highest BCUT2D eigenvalue weighted by atomic mass is 19.4. The van der Waals surface area contributed by atoms with Crippen LogP contribution in [-0.4, -0.2) is 27.4 Å². The molecule has 5 nitrogen and oxygen atoms in total. The molecule has 17 heavy (non-hydrogen) atoms. The Hall–Kier alpha value is -1.60. The Balaban J connectivity index is 0.000000325. The first-order valence-corrected chi connectivity index (χ1v) is 4.58. The molecule has 0 aliphatic rings. The SMILES string of the molecule is CC(C)(C)Cc1ncno1.O=C(O)C(F)(F)F. The maximum absolute atomic E-state index is 10.6. The molecule has 8 heteroatoms. The molecule has 0 aliphatic heterocycles. The van der Waals surface area contributed by atoms with Crippen LogP contribution in [0, 0.1) is 5.41 Å². The lowest BCUT2D eigenvalue weighted by atomic mass is 9.92. The van der Waals surface area contributed by atoms with Crippen LogP contribution in [0.5, 0.6) is 0 Å². The molecule has 0 aliphatic carbocycles. The van der Waals surface area contributed by atoms with Crippen molar-refractivity contribution >= 4 is 5.97 Å². The van der Waals surface area contributed by atoms with Crippen molar-refractivity contribution in [3.63, 3.8) is 0 Å². The summed E-state index contributed by atoms with van der Waals surface area (Å²) >= 11 is 0. The van der Waals surface area contributed by atoms with Crippen molar-refractivity contribution in [2.75, 3.05) is 0 Å². The zero-order chi connectivity index (χ0) is 13.7. The quantitative estimate of drug-likeness (QED) is 0.832. The molecule has 0 fully saturated rings. The highest BCUT2D eigenvalue weighted by Crippen LogP contribution is 2.18. The summed E-state index contributed by atoms with van der Waals surface area (Å²) in [6.07, 6.45) is -2.81. The molecule has 0 atom stereocenters. The number of carbonyl (C=O) groups is 1. The maximum Gasteiger partial charge on any atom is 0.490 e. The van der Waals surface area contributed by atoms with Gasteiger partial charge in [-0.25, -0.2) is 4.79 Å². The Morgan fingerprint density at radius 1 is 1.41 bits per heavy atom. The highest BCUT2D eigenvalue weighted by molar-refractivity contribution is 5.73. The monoisotopic (exact) mass is 254 g/mol. The van der Waals surface area contributed by atoms with E-state index in [1.165, 1.54) is 6.33 Å². The summed E-state index contributed by atoms with van der Waals surface area (Å²) in [5, 5.41) is 10.6. The van der Waals surface area contributed by atoms with E-state index < -0.39 is 12.1 Å². The summed E-state index contributed by atoms with van der Waals surface area (Å²) in [7, 11) is 0. The average Bonchev–Trinajstić information content (AvgIpc) is 2.52. The molecular weight excluding hydrogens is 241 g/mol. The van der Waals surface area contributed by atoms with Gasteiger partial charge in [0.25, 0.3) is 0 Å². The standard InChI is InChI=1S/C7H12N2O.C2HF3O2/c1-7(2,3)4-6-8-5-9-10-6;3-2(4,5)1(6)7/h5H,4H2,1-3H3;(H,6,7). The van der Waals surface area contributed by atoms with E-state index in [9.17, 15) is 13.2 Å². The predicted molar refractivity (Wildman–Crippen MR) is 51.1 cm³/mol. The number of hydrogen-bond donors (Lipinski definition) is 1. The van der Waals surface area contributed by atoms with Crippen LogP contribution in [0.25, 0.3) is 0 Å². The third-order valence-electron chi connectivity index (χ3n) is 1.33. The number of nitrogens with zero attached hydrogens (tertiary/aromatic N) is 2. The molecule has 0 unspecified atom stereocenters. The molecule has 1 heterocycles. The second-order valence-electron chi connectivity index (χ2n) is 4.38. The van der Waals surface area contributed by atoms with E-state index in [1.807, 2.05) is 0 Å². The first kappa shape index (κ1) is 15.4. The molecule has 1 aromatic heterocycles. The molecule has 0 saturated heterocycles. The van der Waals surface area contributed by atoms with E-state index in [0.29, 0.717) is 5.89 Å². The minimum absolute atomic E-state index is 0.229. The van der Waals surface area contributed by atoms with E-state index in [1.54, 1.807) is 0 Å². The van der Waals surface area contributed by atoms with Gasteiger partial charge in [-0.2, -0.15) is 18.2 Å². The van der Waals surface area contributed by atoms with Crippen LogP contribution in [-0.2, 0) is 11.2 Å². The lowest BCUT2D eigenvalue weighted by Crippen LogP contribution is -2.21. The van der Waals surface area contributed by atoms with Crippen LogP contribution in [0.4, 0.5) is 13.2 Å². The van der Waals surface area contributed by atoms with Gasteiger partial charge in [0, 0.05) is 6.42 Å². The molecule has 1 rings (SSSR count). The topological polar surface area (TPSA) is 76.2 Å². The number of aromatic nitrogens is 2. The van der Waals surface area contributed by atoms with Gasteiger partial charge in [-0.15, -0.1) is 0 Å². The fraction of sp³-hybridized carbons (Fsp3) is 0.667. The van der Waals surface area contributed by atoms with Gasteiger partial charge in [0.15, 0.2) is 6.33 Å². The molecule has 0 saturated carbocycles. The molecule has 0 aromatic carbocycles. The van der Waals surface area contributed by atoms with E-state index in [4.69, 9.17) is 14.4 Å². The van der Waals surface area contributed by atoms with E-state index >= 15 is 0 Å². The predicted octanol–water partition coefficient (Wildman–Crippen LogP) is 2.29. The largest absolute Gasteiger partial charge is 0.490 e. The van der Waals surface area contributed by atoms with Crippen molar-refractivity contribution in [3.8, 4) is 0 Å². The van der Waals surface area contributed by atoms with E-state index in [0.717, 1.165) is 6.42 Å². The summed E-state index contributed by atoms with van der Waals surface area (Å²) in [6, 6.07) is 0. The lowest BCUT2D eigenvalue weighted by molar-refractivity contribution is -0.192. The highest BCUT2D eigenvalue weighted by Gasteiger charge is 2.38. The fourth-order valence-electron chi connectivity index (χ4n) is 0.728. The molecule has 0 bridgehead atoms. The Labute approximate surface area is 95.6 Å². The molecule has 1 N–H and O–H groups in total. The van der Waals surface area contributed by atoms with Gasteiger partial charge >= 0.3 is 12.1 Å². The molecular formula is C9H13F3N2O3. The van der Waals surface area contributed by atoms with E-state index in [-0.39, 0.29) is 5.41 Å². The van der Waals surface area contributed by atoms with Crippen molar-refractivity contribution in [2.24, 2.45) is 5.41 Å².